The standard InChI is InChI=1S/C28H20BrClN2O2/c1-18-6-8-20-4-2-3-5-24(20)25(18)17-34-27-13-7-19(15-26(27)30)14-21(16-31)28(33)32-23-11-9-22(29)10-12-23/h2-15H,17H2,1H3,(H,32,33)/b21-14+. The molecule has 0 unspecified atom stereocenters. The molecular weight excluding hydrogens is 512 g/mol. The summed E-state index contributed by atoms with van der Waals surface area (Å²) < 4.78 is 6.93. The Hall–Kier alpha value is -3.59. The van der Waals surface area contributed by atoms with Crippen LogP contribution in [0.1, 0.15) is 16.7 Å². The smallest absolute Gasteiger partial charge is 0.266 e. The van der Waals surface area contributed by atoms with Gasteiger partial charge in [0.2, 0.25) is 0 Å². The second kappa shape index (κ2) is 10.6. The highest BCUT2D eigenvalue weighted by Crippen LogP contribution is 2.29. The fourth-order valence-electron chi connectivity index (χ4n) is 3.56. The molecule has 4 aromatic rings. The van der Waals surface area contributed by atoms with E-state index in [1.807, 2.05) is 30.3 Å². The number of anilines is 1. The van der Waals surface area contributed by atoms with Gasteiger partial charge in [-0.1, -0.05) is 70.0 Å². The predicted octanol–water partition coefficient (Wildman–Crippen LogP) is 7.69. The number of benzene rings is 4. The number of hydrogen-bond acceptors (Lipinski definition) is 3. The van der Waals surface area contributed by atoms with Gasteiger partial charge in [-0.15, -0.1) is 0 Å². The molecular formula is C28H20BrClN2O2. The molecule has 0 saturated heterocycles. The lowest BCUT2D eigenvalue weighted by molar-refractivity contribution is -0.112. The van der Waals surface area contributed by atoms with Crippen molar-refractivity contribution < 1.29 is 9.53 Å². The molecule has 4 nitrogen and oxygen atoms in total. The van der Waals surface area contributed by atoms with Gasteiger partial charge >= 0.3 is 0 Å². The van der Waals surface area contributed by atoms with Crippen LogP contribution in [0.5, 0.6) is 5.75 Å². The van der Waals surface area contributed by atoms with E-state index in [-0.39, 0.29) is 5.57 Å². The third kappa shape index (κ3) is 5.48. The average molecular weight is 532 g/mol. The zero-order valence-electron chi connectivity index (χ0n) is 18.3. The van der Waals surface area contributed by atoms with Crippen LogP contribution in [-0.2, 0) is 11.4 Å². The molecule has 34 heavy (non-hydrogen) atoms. The van der Waals surface area contributed by atoms with Gasteiger partial charge in [0.05, 0.1) is 5.02 Å². The van der Waals surface area contributed by atoms with E-state index in [0.29, 0.717) is 28.6 Å². The third-order valence-electron chi connectivity index (χ3n) is 5.38. The maximum atomic E-state index is 12.5. The summed E-state index contributed by atoms with van der Waals surface area (Å²) in [6.45, 7) is 2.44. The summed E-state index contributed by atoms with van der Waals surface area (Å²) >= 11 is 9.81. The summed E-state index contributed by atoms with van der Waals surface area (Å²) in [5, 5.41) is 14.9. The Morgan fingerprint density at radius 2 is 1.85 bits per heavy atom. The normalized spacial score (nSPS) is 11.2. The van der Waals surface area contributed by atoms with Crippen LogP contribution >= 0.6 is 27.5 Å². The Labute approximate surface area is 211 Å². The zero-order valence-corrected chi connectivity index (χ0v) is 20.7. The molecule has 0 spiro atoms. The molecule has 4 aromatic carbocycles. The van der Waals surface area contributed by atoms with Gasteiger partial charge in [-0.25, -0.2) is 0 Å². The first kappa shape index (κ1) is 23.6. The molecule has 6 heteroatoms. The predicted molar refractivity (Wildman–Crippen MR) is 141 cm³/mol. The fourth-order valence-corrected chi connectivity index (χ4v) is 4.07. The van der Waals surface area contributed by atoms with Crippen molar-refractivity contribution in [2.75, 3.05) is 5.32 Å². The summed E-state index contributed by atoms with van der Waals surface area (Å²) in [7, 11) is 0. The van der Waals surface area contributed by atoms with Crippen molar-refractivity contribution in [1.29, 1.82) is 5.26 Å². The maximum Gasteiger partial charge on any atom is 0.266 e. The Balaban J connectivity index is 1.50. The van der Waals surface area contributed by atoms with Gasteiger partial charge in [-0.05, 0) is 71.3 Å². The Kier molecular flexibility index (Phi) is 7.32. The number of nitriles is 1. The average Bonchev–Trinajstić information content (AvgIpc) is 2.84. The number of carbonyl (C=O) groups is 1. The molecule has 0 radical (unpaired) electrons. The van der Waals surface area contributed by atoms with Crippen molar-refractivity contribution in [3.05, 3.63) is 111 Å². The molecule has 0 aromatic heterocycles. The summed E-state index contributed by atoms with van der Waals surface area (Å²) in [6, 6.07) is 26.6. The molecule has 0 aliphatic rings. The van der Waals surface area contributed by atoms with Crippen LogP contribution in [0.2, 0.25) is 5.02 Å². The van der Waals surface area contributed by atoms with Gasteiger partial charge in [0.25, 0.3) is 5.91 Å². The summed E-state index contributed by atoms with van der Waals surface area (Å²) in [5.74, 6) is 0.0386. The Bertz CT molecular complexity index is 1440. The maximum absolute atomic E-state index is 12.5. The lowest BCUT2D eigenvalue weighted by Crippen LogP contribution is -2.13. The fraction of sp³-hybridized carbons (Fsp3) is 0.0714. The molecule has 0 aliphatic heterocycles. The zero-order chi connectivity index (χ0) is 24.1. The first-order chi connectivity index (χ1) is 16.4. The first-order valence-corrected chi connectivity index (χ1v) is 11.7. The summed E-state index contributed by atoms with van der Waals surface area (Å²) in [6.07, 6.45) is 1.50. The van der Waals surface area contributed by atoms with E-state index in [0.717, 1.165) is 26.4 Å². The number of halogens is 2. The third-order valence-corrected chi connectivity index (χ3v) is 6.20. The number of hydrogen-bond donors (Lipinski definition) is 1. The highest BCUT2D eigenvalue weighted by molar-refractivity contribution is 9.10. The number of ether oxygens (including phenoxy) is 1. The Morgan fingerprint density at radius 1 is 1.09 bits per heavy atom. The molecule has 0 fully saturated rings. The van der Waals surface area contributed by atoms with Gasteiger partial charge < -0.3 is 10.1 Å². The number of nitrogens with zero attached hydrogens (tertiary/aromatic N) is 1. The number of amides is 1. The first-order valence-electron chi connectivity index (χ1n) is 10.5. The van der Waals surface area contributed by atoms with Crippen molar-refractivity contribution in [1.82, 2.24) is 0 Å². The highest BCUT2D eigenvalue weighted by atomic mass is 79.9. The number of carbonyl (C=O) groups excluding carboxylic acids is 1. The van der Waals surface area contributed by atoms with E-state index in [1.54, 1.807) is 30.3 Å². The highest BCUT2D eigenvalue weighted by Gasteiger charge is 2.12. The largest absolute Gasteiger partial charge is 0.487 e. The number of nitrogens with one attached hydrogen (secondary N) is 1. The van der Waals surface area contributed by atoms with Gasteiger partial charge in [0.1, 0.15) is 24.0 Å². The molecule has 4 rings (SSSR count). The molecule has 0 bridgehead atoms. The van der Waals surface area contributed by atoms with Crippen LogP contribution in [0.4, 0.5) is 5.69 Å². The van der Waals surface area contributed by atoms with E-state index in [4.69, 9.17) is 16.3 Å². The second-order valence-electron chi connectivity index (χ2n) is 7.69. The van der Waals surface area contributed by atoms with Crippen LogP contribution in [0.3, 0.4) is 0 Å². The van der Waals surface area contributed by atoms with Gasteiger partial charge in [0.15, 0.2) is 0 Å². The lowest BCUT2D eigenvalue weighted by atomic mass is 10.0. The lowest BCUT2D eigenvalue weighted by Gasteiger charge is -2.13. The second-order valence-corrected chi connectivity index (χ2v) is 9.01. The van der Waals surface area contributed by atoms with Gasteiger partial charge in [-0.2, -0.15) is 5.26 Å². The van der Waals surface area contributed by atoms with Crippen molar-refractivity contribution >= 4 is 56.0 Å². The van der Waals surface area contributed by atoms with Crippen molar-refractivity contribution in [2.45, 2.75) is 13.5 Å². The van der Waals surface area contributed by atoms with Crippen LogP contribution in [0.25, 0.3) is 16.8 Å². The quantitative estimate of drug-likeness (QED) is 0.205. The number of fused-ring (bicyclic) bond motifs is 1. The minimum Gasteiger partial charge on any atom is -0.487 e. The van der Waals surface area contributed by atoms with E-state index in [1.165, 1.54) is 6.08 Å². The van der Waals surface area contributed by atoms with E-state index in [9.17, 15) is 10.1 Å². The van der Waals surface area contributed by atoms with Gasteiger partial charge in [0, 0.05) is 15.7 Å². The van der Waals surface area contributed by atoms with E-state index >= 15 is 0 Å². The monoisotopic (exact) mass is 530 g/mol. The van der Waals surface area contributed by atoms with Crippen LogP contribution in [0.15, 0.2) is 88.9 Å². The van der Waals surface area contributed by atoms with Crippen LogP contribution < -0.4 is 10.1 Å². The minimum atomic E-state index is -0.493. The van der Waals surface area contributed by atoms with Crippen molar-refractivity contribution in [3.8, 4) is 11.8 Å². The molecule has 0 atom stereocenters. The molecule has 168 valence electrons. The van der Waals surface area contributed by atoms with Crippen molar-refractivity contribution in [2.24, 2.45) is 0 Å². The number of aryl methyl sites for hydroxylation is 1. The molecule has 0 heterocycles. The molecule has 0 saturated carbocycles. The summed E-state index contributed by atoms with van der Waals surface area (Å²) in [5.41, 5.74) is 3.44. The topological polar surface area (TPSA) is 62.1 Å². The van der Waals surface area contributed by atoms with Crippen LogP contribution in [-0.4, -0.2) is 5.91 Å². The molecule has 0 aliphatic carbocycles. The molecule has 1 amide bonds. The van der Waals surface area contributed by atoms with Gasteiger partial charge in [-0.3, -0.25) is 4.79 Å². The van der Waals surface area contributed by atoms with Crippen LogP contribution in [0, 0.1) is 18.3 Å². The Morgan fingerprint density at radius 3 is 2.59 bits per heavy atom. The number of rotatable bonds is 6. The summed E-state index contributed by atoms with van der Waals surface area (Å²) in [4.78, 5) is 12.5. The SMILES string of the molecule is Cc1ccc2ccccc2c1COc1ccc(/C=C(\C#N)C(=O)Nc2ccc(Br)cc2)cc1Cl. The minimum absolute atomic E-state index is 0.0287. The van der Waals surface area contributed by atoms with Crippen molar-refractivity contribution in [3.63, 3.8) is 0 Å². The molecule has 1 N–H and O–H groups in total. The van der Waals surface area contributed by atoms with E-state index in [2.05, 4.69) is 52.4 Å². The van der Waals surface area contributed by atoms with E-state index < -0.39 is 5.91 Å².